The molecule has 0 amide bonds. The summed E-state index contributed by atoms with van der Waals surface area (Å²) in [5.41, 5.74) is 14.3. The molecule has 0 aromatic heterocycles. The number of allylic oxidation sites excluding steroid dienone is 1. The molecule has 0 radical (unpaired) electrons. The Morgan fingerprint density at radius 1 is 1.03 bits per heavy atom. The molecule has 3 aromatic carbocycles. The molecule has 4 heterocycles. The van der Waals surface area contributed by atoms with Gasteiger partial charge in [0, 0.05) is 32.0 Å². The first-order valence-electron chi connectivity index (χ1n) is 21.7. The van der Waals surface area contributed by atoms with Gasteiger partial charge in [0.15, 0.2) is 11.5 Å². The van der Waals surface area contributed by atoms with Crippen molar-refractivity contribution in [1.82, 2.24) is 5.32 Å². The van der Waals surface area contributed by atoms with E-state index < -0.39 is 23.9 Å². The highest BCUT2D eigenvalue weighted by atomic mass is 16.5. The second kappa shape index (κ2) is 18.5. The molecule has 9 nitrogen and oxygen atoms in total. The normalized spacial score (nSPS) is 23.2. The van der Waals surface area contributed by atoms with Crippen LogP contribution in [0.25, 0.3) is 0 Å². The Morgan fingerprint density at radius 3 is 2.71 bits per heavy atom. The Hall–Kier alpha value is -5.00. The molecule has 1 fully saturated rings. The average molecular weight is 794 g/mol. The second-order valence-electron chi connectivity index (χ2n) is 16.9. The summed E-state index contributed by atoms with van der Waals surface area (Å²) in [6.45, 7) is 3.49. The Kier molecular flexibility index (Phi) is 12.8. The van der Waals surface area contributed by atoms with Crippen LogP contribution in [0.5, 0.6) is 11.5 Å². The van der Waals surface area contributed by atoms with E-state index in [1.54, 1.807) is 0 Å². The Labute approximate surface area is 348 Å². The summed E-state index contributed by atoms with van der Waals surface area (Å²) in [6.07, 6.45) is 14.7. The maximum atomic E-state index is 12.9. The number of rotatable bonds is 14. The van der Waals surface area contributed by atoms with Gasteiger partial charge in [0.05, 0.1) is 23.3 Å². The van der Waals surface area contributed by atoms with Gasteiger partial charge in [0.1, 0.15) is 42.4 Å². The first-order chi connectivity index (χ1) is 28.8. The van der Waals surface area contributed by atoms with Crippen LogP contribution in [-0.4, -0.2) is 47.1 Å². The van der Waals surface area contributed by atoms with Crippen LogP contribution in [0.4, 0.5) is 0 Å². The maximum absolute atomic E-state index is 12.9. The van der Waals surface area contributed by atoms with Gasteiger partial charge in [-0.2, -0.15) is 0 Å². The van der Waals surface area contributed by atoms with Gasteiger partial charge in [-0.15, -0.1) is 0 Å². The summed E-state index contributed by atoms with van der Waals surface area (Å²) in [5.74, 6) is 11.2. The predicted octanol–water partition coefficient (Wildman–Crippen LogP) is 5.96. The van der Waals surface area contributed by atoms with E-state index in [9.17, 15) is 15.0 Å². The van der Waals surface area contributed by atoms with Crippen LogP contribution in [0.3, 0.4) is 0 Å². The van der Waals surface area contributed by atoms with Crippen molar-refractivity contribution in [3.63, 3.8) is 0 Å². The van der Waals surface area contributed by atoms with Gasteiger partial charge in [0.25, 0.3) is 6.23 Å². The fourth-order valence-electron chi connectivity index (χ4n) is 9.34. The van der Waals surface area contributed by atoms with E-state index in [1.807, 2.05) is 42.6 Å². The Bertz CT molecular complexity index is 2230. The lowest BCUT2D eigenvalue weighted by Crippen LogP contribution is -3.13. The van der Waals surface area contributed by atoms with Crippen LogP contribution >= 0.6 is 0 Å². The number of aliphatic imine (C=N–C) groups is 1. The average Bonchev–Trinajstić information content (AvgIpc) is 3.99. The number of carbonyl (C=O) groups excluding carboxylic acids is 1. The highest BCUT2D eigenvalue weighted by molar-refractivity contribution is 6.08. The molecule has 9 heteroatoms. The number of benzene rings is 3. The number of Topliss-reactive ketones (excluding diaryl/α,β-unsaturated/α-hetero) is 1. The van der Waals surface area contributed by atoms with Crippen LogP contribution in [0, 0.1) is 35.2 Å². The van der Waals surface area contributed by atoms with Crippen molar-refractivity contribution in [1.29, 1.82) is 0 Å². The van der Waals surface area contributed by atoms with E-state index in [0.717, 1.165) is 102 Å². The van der Waals surface area contributed by atoms with Crippen LogP contribution in [0.2, 0.25) is 0 Å². The molecular formula is C50H57N4O5+. The van der Waals surface area contributed by atoms with E-state index in [4.69, 9.17) is 20.2 Å². The highest BCUT2D eigenvalue weighted by Crippen LogP contribution is 2.47. The quantitative estimate of drug-likeness (QED) is 0.0775. The molecule has 3 aromatic rings. The number of aryl methyl sites for hydroxylation is 1. The second-order valence-corrected chi connectivity index (χ2v) is 16.9. The molecule has 4 aliphatic heterocycles. The number of nitrogens with zero attached hydrogens (tertiary/aromatic N) is 1. The fourth-order valence-corrected chi connectivity index (χ4v) is 9.34. The minimum Gasteiger partial charge on any atom is -0.437 e. The molecule has 1 aliphatic carbocycles. The standard InChI is InChI=1S/C50H56N4O5/c1-2-3-5-12-39(55)30-40(56)16-13-35-14-20-46-47(27-35)59-49-43(50(24-26-58-46)22-8-9-23-50)18-19-45(57)41-17-15-36(48(51)52-25-21-34-10-6-4-7-11-34)28-37(41)29-38-31-53-44-33-54(49)32-42(38)44/h4,6-7,10-11,14-15,17,20,27-28,31-32,39,43,45,48-49,52,55,57H,2-3,5,8-9,12-13,16,21-23,25,29-30,33,51H2,1H3/p+1/t39-,43-,45+,48-,49-/m1/s1. The molecule has 0 saturated heterocycles. The summed E-state index contributed by atoms with van der Waals surface area (Å²) in [4.78, 5) is 18.9. The molecule has 8 rings (SSSR count). The van der Waals surface area contributed by atoms with Crippen molar-refractivity contribution < 1.29 is 29.4 Å². The number of ether oxygens (including phenoxy) is 2. The molecule has 6 N–H and O–H groups in total. The van der Waals surface area contributed by atoms with Crippen molar-refractivity contribution in [3.05, 3.63) is 118 Å². The third-order valence-corrected chi connectivity index (χ3v) is 12.7. The van der Waals surface area contributed by atoms with Gasteiger partial charge in [0.2, 0.25) is 0 Å². The predicted molar refractivity (Wildman–Crippen MR) is 229 cm³/mol. The lowest BCUT2D eigenvalue weighted by Gasteiger charge is -2.36. The van der Waals surface area contributed by atoms with Crippen LogP contribution in [-0.2, 0) is 24.1 Å². The number of fused-ring (bicyclic) bond motifs is 6. The van der Waals surface area contributed by atoms with Crippen molar-refractivity contribution >= 4 is 11.5 Å². The van der Waals surface area contributed by atoms with Gasteiger partial charge in [-0.05, 0) is 77.6 Å². The van der Waals surface area contributed by atoms with E-state index >= 15 is 0 Å². The maximum Gasteiger partial charge on any atom is 0.252 e. The Morgan fingerprint density at radius 2 is 1.88 bits per heavy atom. The van der Waals surface area contributed by atoms with Crippen molar-refractivity contribution in [2.75, 3.05) is 13.1 Å². The zero-order valence-electron chi connectivity index (χ0n) is 34.1. The summed E-state index contributed by atoms with van der Waals surface area (Å²) < 4.78 is 13.3. The van der Waals surface area contributed by atoms with E-state index in [1.165, 1.54) is 5.56 Å². The van der Waals surface area contributed by atoms with Gasteiger partial charge in [-0.3, -0.25) is 20.0 Å². The molecule has 306 valence electrons. The van der Waals surface area contributed by atoms with Gasteiger partial charge >= 0.3 is 0 Å². The number of nitrogens with one attached hydrogen (secondary N) is 2. The topological polar surface area (TPSA) is 131 Å². The number of hydrogen-bond acceptors (Lipinski definition) is 8. The summed E-state index contributed by atoms with van der Waals surface area (Å²) >= 11 is 0. The summed E-state index contributed by atoms with van der Waals surface area (Å²) in [5, 5.41) is 25.8. The summed E-state index contributed by atoms with van der Waals surface area (Å²) in [7, 11) is 0. The number of quaternary nitrogens is 1. The molecule has 2 bridgehead atoms. The monoisotopic (exact) mass is 793 g/mol. The third kappa shape index (κ3) is 9.42. The van der Waals surface area contributed by atoms with E-state index in [-0.39, 0.29) is 24.3 Å². The molecule has 1 unspecified atom stereocenters. The highest BCUT2D eigenvalue weighted by Gasteiger charge is 2.51. The van der Waals surface area contributed by atoms with E-state index in [2.05, 4.69) is 72.6 Å². The molecule has 59 heavy (non-hydrogen) atoms. The molecule has 5 aliphatic rings. The Balaban J connectivity index is 1.09. The van der Waals surface area contributed by atoms with Crippen LogP contribution < -0.4 is 25.4 Å². The number of ketones is 1. The minimum atomic E-state index is -1.04. The smallest absolute Gasteiger partial charge is 0.252 e. The number of nitrogens with two attached hydrogens (primary N) is 1. The minimum absolute atomic E-state index is 0.0532. The molecule has 6 atom stereocenters. The zero-order chi connectivity index (χ0) is 40.8. The van der Waals surface area contributed by atoms with Crippen LogP contribution in [0.15, 0.2) is 95.3 Å². The third-order valence-electron chi connectivity index (χ3n) is 12.7. The number of unbranched alkanes of at least 4 members (excludes halogenated alkanes) is 2. The fraction of sp³-hybridized carbons (Fsp3) is 0.440. The molecule has 1 spiro atoms. The molecular weight excluding hydrogens is 737 g/mol. The van der Waals surface area contributed by atoms with Gasteiger partial charge in [-0.25, -0.2) is 0 Å². The largest absolute Gasteiger partial charge is 0.437 e. The lowest BCUT2D eigenvalue weighted by molar-refractivity contribution is -0.888. The number of hydrogen-bond donors (Lipinski definition) is 5. The lowest BCUT2D eigenvalue weighted by atomic mass is 9.73. The summed E-state index contributed by atoms with van der Waals surface area (Å²) in [6, 6.07) is 22.2. The van der Waals surface area contributed by atoms with Crippen LogP contribution in [0.1, 0.15) is 111 Å². The first kappa shape index (κ1) is 40.8. The number of carbonyl (C=O) groups is 1. The van der Waals surface area contributed by atoms with Crippen molar-refractivity contribution in [2.24, 2.45) is 22.1 Å². The van der Waals surface area contributed by atoms with E-state index in [0.29, 0.717) is 43.7 Å². The van der Waals surface area contributed by atoms with Gasteiger partial charge < -0.3 is 25.4 Å². The van der Waals surface area contributed by atoms with Crippen molar-refractivity contribution in [2.45, 2.75) is 115 Å². The van der Waals surface area contributed by atoms with Gasteiger partial charge in [-0.1, -0.05) is 111 Å². The SMILES string of the molecule is CCCCC[C@@H](O)CC(=O)CCc1ccc2c(c1)O[C@@H]1[C@@H](C#C[C@H](O)c3ccc([C@H](N)NCCc4ccccc4)cc3CC3=CN=C4C[NH+]1C=C34)C1(C#CO2)CCCC1. The number of aliphatic hydroxyl groups excluding tert-OH is 2. The first-order valence-corrected chi connectivity index (χ1v) is 21.7. The number of aliphatic hydroxyl groups is 2. The zero-order valence-corrected chi connectivity index (χ0v) is 34.1. The molecule has 1 saturated carbocycles. The van der Waals surface area contributed by atoms with Crippen molar-refractivity contribution in [3.8, 4) is 35.4 Å².